The van der Waals surface area contributed by atoms with Gasteiger partial charge in [0, 0.05) is 31.1 Å². The highest BCUT2D eigenvalue weighted by Gasteiger charge is 2.15. The van der Waals surface area contributed by atoms with E-state index in [0.29, 0.717) is 12.4 Å². The third-order valence-electron chi connectivity index (χ3n) is 2.67. The molecule has 2 aromatic rings. The minimum Gasteiger partial charge on any atom is -0.481 e. The number of hydrogen-bond acceptors (Lipinski definition) is 6. The molecule has 0 aliphatic carbocycles. The third-order valence-corrected chi connectivity index (χ3v) is 2.67. The molecule has 7 heteroatoms. The van der Waals surface area contributed by atoms with Crippen molar-refractivity contribution in [2.45, 2.75) is 13.5 Å². The van der Waals surface area contributed by atoms with Crippen LogP contribution in [0.25, 0.3) is 0 Å². The van der Waals surface area contributed by atoms with Crippen LogP contribution < -0.4 is 10.1 Å². The Labute approximate surface area is 115 Å². The van der Waals surface area contributed by atoms with Gasteiger partial charge in [0.1, 0.15) is 0 Å². The molecular weight excluding hydrogens is 260 g/mol. The van der Waals surface area contributed by atoms with Crippen LogP contribution in [0.1, 0.15) is 11.1 Å². The summed E-state index contributed by atoms with van der Waals surface area (Å²) < 4.78 is 5.02. The summed E-state index contributed by atoms with van der Waals surface area (Å²) in [5.41, 5.74) is 1.60. The smallest absolute Gasteiger partial charge is 0.311 e. The third kappa shape index (κ3) is 3.19. The van der Waals surface area contributed by atoms with Crippen LogP contribution in [-0.4, -0.2) is 22.0 Å². The van der Waals surface area contributed by atoms with Gasteiger partial charge in [-0.3, -0.25) is 10.1 Å². The first kappa shape index (κ1) is 13.7. The molecule has 0 unspecified atom stereocenters. The highest BCUT2D eigenvalue weighted by molar-refractivity contribution is 5.56. The Morgan fingerprint density at radius 3 is 2.90 bits per heavy atom. The van der Waals surface area contributed by atoms with Crippen molar-refractivity contribution in [3.05, 3.63) is 51.8 Å². The van der Waals surface area contributed by atoms with Gasteiger partial charge in [0.25, 0.3) is 0 Å². The van der Waals surface area contributed by atoms with Gasteiger partial charge in [-0.05, 0) is 24.1 Å². The Morgan fingerprint density at radius 1 is 1.40 bits per heavy atom. The fourth-order valence-electron chi connectivity index (χ4n) is 1.69. The molecule has 0 aliphatic heterocycles. The Balaban J connectivity index is 2.16. The molecule has 0 saturated carbocycles. The first-order valence-corrected chi connectivity index (χ1v) is 5.94. The van der Waals surface area contributed by atoms with Crippen LogP contribution in [0, 0.1) is 17.0 Å². The van der Waals surface area contributed by atoms with Gasteiger partial charge in [-0.15, -0.1) is 0 Å². The molecule has 7 nitrogen and oxygen atoms in total. The number of ether oxygens (including phenoxy) is 1. The molecule has 20 heavy (non-hydrogen) atoms. The molecule has 0 bridgehead atoms. The maximum atomic E-state index is 11.0. The summed E-state index contributed by atoms with van der Waals surface area (Å²) in [5, 5.41) is 13.9. The monoisotopic (exact) mass is 274 g/mol. The van der Waals surface area contributed by atoms with Crippen molar-refractivity contribution in [1.29, 1.82) is 0 Å². The van der Waals surface area contributed by atoms with Crippen LogP contribution in [0.4, 0.5) is 11.5 Å². The predicted octanol–water partition coefficient (Wildman–Crippen LogP) is 2.31. The Hall–Kier alpha value is -2.70. The van der Waals surface area contributed by atoms with E-state index < -0.39 is 4.92 Å². The number of nitro groups is 1. The SMILES string of the molecule is COc1cc(CNc2ncc(C)cc2[N+](=O)[O-])ccn1. The summed E-state index contributed by atoms with van der Waals surface area (Å²) in [6, 6.07) is 5.05. The molecule has 0 spiro atoms. The van der Waals surface area contributed by atoms with Crippen LogP contribution in [-0.2, 0) is 6.54 Å². The van der Waals surface area contributed by atoms with E-state index in [2.05, 4.69) is 15.3 Å². The molecule has 104 valence electrons. The number of methoxy groups -OCH3 is 1. The average Bonchev–Trinajstić information content (AvgIpc) is 2.46. The van der Waals surface area contributed by atoms with E-state index in [4.69, 9.17) is 4.74 Å². The van der Waals surface area contributed by atoms with Crippen molar-refractivity contribution in [1.82, 2.24) is 9.97 Å². The van der Waals surface area contributed by atoms with Gasteiger partial charge in [0.05, 0.1) is 12.0 Å². The highest BCUT2D eigenvalue weighted by atomic mass is 16.6. The maximum Gasteiger partial charge on any atom is 0.311 e. The zero-order valence-corrected chi connectivity index (χ0v) is 11.2. The van der Waals surface area contributed by atoms with E-state index in [9.17, 15) is 10.1 Å². The lowest BCUT2D eigenvalue weighted by Gasteiger charge is -2.07. The van der Waals surface area contributed by atoms with E-state index in [1.165, 1.54) is 13.2 Å². The summed E-state index contributed by atoms with van der Waals surface area (Å²) in [5.74, 6) is 0.743. The first-order valence-electron chi connectivity index (χ1n) is 5.94. The van der Waals surface area contributed by atoms with Gasteiger partial charge >= 0.3 is 5.69 Å². The molecule has 0 atom stereocenters. The normalized spacial score (nSPS) is 10.1. The number of aromatic nitrogens is 2. The van der Waals surface area contributed by atoms with Crippen molar-refractivity contribution in [2.75, 3.05) is 12.4 Å². The fourth-order valence-corrected chi connectivity index (χ4v) is 1.69. The quantitative estimate of drug-likeness (QED) is 0.664. The summed E-state index contributed by atoms with van der Waals surface area (Å²) in [6.07, 6.45) is 3.20. The minimum atomic E-state index is -0.449. The zero-order chi connectivity index (χ0) is 14.5. The number of nitrogens with zero attached hydrogens (tertiary/aromatic N) is 3. The number of aryl methyl sites for hydroxylation is 1. The van der Waals surface area contributed by atoms with E-state index in [1.54, 1.807) is 31.5 Å². The van der Waals surface area contributed by atoms with Gasteiger partial charge in [0.2, 0.25) is 11.7 Å². The van der Waals surface area contributed by atoms with Crippen molar-refractivity contribution in [3.63, 3.8) is 0 Å². The highest BCUT2D eigenvalue weighted by Crippen LogP contribution is 2.23. The summed E-state index contributed by atoms with van der Waals surface area (Å²) in [7, 11) is 1.53. The van der Waals surface area contributed by atoms with Crippen LogP contribution in [0.5, 0.6) is 5.88 Å². The molecule has 0 saturated heterocycles. The van der Waals surface area contributed by atoms with Crippen molar-refractivity contribution in [2.24, 2.45) is 0 Å². The van der Waals surface area contributed by atoms with Gasteiger partial charge in [-0.25, -0.2) is 9.97 Å². The molecular formula is C13H14N4O3. The molecule has 0 aromatic carbocycles. The van der Waals surface area contributed by atoms with Crippen molar-refractivity contribution < 1.29 is 9.66 Å². The van der Waals surface area contributed by atoms with Gasteiger partial charge < -0.3 is 10.1 Å². The van der Waals surface area contributed by atoms with Crippen LogP contribution in [0.3, 0.4) is 0 Å². The lowest BCUT2D eigenvalue weighted by atomic mass is 10.2. The topological polar surface area (TPSA) is 90.2 Å². The Morgan fingerprint density at radius 2 is 2.20 bits per heavy atom. The van der Waals surface area contributed by atoms with Crippen molar-refractivity contribution >= 4 is 11.5 Å². The predicted molar refractivity (Wildman–Crippen MR) is 73.7 cm³/mol. The average molecular weight is 274 g/mol. The summed E-state index contributed by atoms with van der Waals surface area (Å²) >= 11 is 0. The lowest BCUT2D eigenvalue weighted by molar-refractivity contribution is -0.384. The Kier molecular flexibility index (Phi) is 4.09. The standard InChI is InChI=1S/C13H14N4O3/c1-9-5-11(17(18)19)13(15-7-9)16-8-10-3-4-14-12(6-10)20-2/h3-7H,8H2,1-2H3,(H,15,16). The molecule has 0 radical (unpaired) electrons. The Bertz CT molecular complexity index is 631. The fraction of sp³-hybridized carbons (Fsp3) is 0.231. The molecule has 2 aromatic heterocycles. The molecule has 1 N–H and O–H groups in total. The largest absolute Gasteiger partial charge is 0.481 e. The zero-order valence-electron chi connectivity index (χ0n) is 11.2. The summed E-state index contributed by atoms with van der Waals surface area (Å²) in [6.45, 7) is 2.16. The van der Waals surface area contributed by atoms with E-state index >= 15 is 0 Å². The molecule has 0 fully saturated rings. The minimum absolute atomic E-state index is 0.0361. The number of rotatable bonds is 5. The molecule has 0 amide bonds. The van der Waals surface area contributed by atoms with Gasteiger partial charge in [-0.2, -0.15) is 0 Å². The number of hydrogen-bond donors (Lipinski definition) is 1. The van der Waals surface area contributed by atoms with Crippen molar-refractivity contribution in [3.8, 4) is 5.88 Å². The van der Waals surface area contributed by atoms with Crippen LogP contribution in [0.15, 0.2) is 30.6 Å². The van der Waals surface area contributed by atoms with Gasteiger partial charge in [0.15, 0.2) is 0 Å². The molecule has 2 heterocycles. The number of nitrogens with one attached hydrogen (secondary N) is 1. The second kappa shape index (κ2) is 5.96. The first-order chi connectivity index (χ1) is 9.60. The van der Waals surface area contributed by atoms with E-state index in [0.717, 1.165) is 11.1 Å². The maximum absolute atomic E-state index is 11.0. The molecule has 0 aliphatic rings. The van der Waals surface area contributed by atoms with Gasteiger partial charge in [-0.1, -0.05) is 0 Å². The van der Waals surface area contributed by atoms with E-state index in [-0.39, 0.29) is 11.5 Å². The number of anilines is 1. The summed E-state index contributed by atoms with van der Waals surface area (Å²) in [4.78, 5) is 18.6. The molecule has 2 rings (SSSR count). The number of pyridine rings is 2. The van der Waals surface area contributed by atoms with E-state index in [1.807, 2.05) is 0 Å². The second-order valence-electron chi connectivity index (χ2n) is 4.20. The van der Waals surface area contributed by atoms with Crippen LogP contribution in [0.2, 0.25) is 0 Å². The lowest BCUT2D eigenvalue weighted by Crippen LogP contribution is -2.05. The van der Waals surface area contributed by atoms with Crippen LogP contribution >= 0.6 is 0 Å². The second-order valence-corrected chi connectivity index (χ2v) is 4.20.